The van der Waals surface area contributed by atoms with Gasteiger partial charge in [-0.15, -0.1) is 0 Å². The molecule has 1 heterocycles. The molecule has 3 heteroatoms. The SMILES string of the molecule is CC1(C(=O)N2CCC(O)(Cc3ccccc3)CC2)CC1. The molecule has 3 rings (SSSR count). The van der Waals surface area contributed by atoms with Gasteiger partial charge in [0.2, 0.25) is 5.91 Å². The normalized spacial score (nSPS) is 23.4. The van der Waals surface area contributed by atoms with Gasteiger partial charge in [-0.3, -0.25) is 4.79 Å². The van der Waals surface area contributed by atoms with E-state index in [4.69, 9.17) is 0 Å². The van der Waals surface area contributed by atoms with Crippen LogP contribution in [0.5, 0.6) is 0 Å². The Hall–Kier alpha value is -1.35. The lowest BCUT2D eigenvalue weighted by molar-refractivity contribution is -0.140. The minimum atomic E-state index is -0.650. The third-order valence-corrected chi connectivity index (χ3v) is 4.87. The molecule has 1 aliphatic heterocycles. The highest BCUT2D eigenvalue weighted by atomic mass is 16.3. The Morgan fingerprint density at radius 2 is 1.75 bits per heavy atom. The molecule has 2 fully saturated rings. The van der Waals surface area contributed by atoms with Crippen molar-refractivity contribution in [1.29, 1.82) is 0 Å². The van der Waals surface area contributed by atoms with E-state index in [1.165, 1.54) is 5.56 Å². The van der Waals surface area contributed by atoms with E-state index in [1.807, 2.05) is 23.1 Å². The molecule has 0 spiro atoms. The quantitative estimate of drug-likeness (QED) is 0.918. The summed E-state index contributed by atoms with van der Waals surface area (Å²) in [7, 11) is 0. The van der Waals surface area contributed by atoms with Gasteiger partial charge in [0, 0.05) is 24.9 Å². The second-order valence-electron chi connectivity index (χ2n) is 6.74. The maximum absolute atomic E-state index is 12.3. The van der Waals surface area contributed by atoms with Gasteiger partial charge < -0.3 is 10.0 Å². The number of carbonyl (C=O) groups is 1. The highest BCUT2D eigenvalue weighted by Gasteiger charge is 2.48. The van der Waals surface area contributed by atoms with E-state index in [0.29, 0.717) is 38.3 Å². The predicted molar refractivity (Wildman–Crippen MR) is 78.3 cm³/mol. The third-order valence-electron chi connectivity index (χ3n) is 4.87. The number of amides is 1. The molecule has 2 aliphatic rings. The number of hydrogen-bond acceptors (Lipinski definition) is 2. The van der Waals surface area contributed by atoms with Gasteiger partial charge >= 0.3 is 0 Å². The number of piperidine rings is 1. The Labute approximate surface area is 120 Å². The molecule has 0 aromatic heterocycles. The summed E-state index contributed by atoms with van der Waals surface area (Å²) >= 11 is 0. The van der Waals surface area contributed by atoms with E-state index in [2.05, 4.69) is 19.1 Å². The van der Waals surface area contributed by atoms with Crippen LogP contribution in [0.1, 0.15) is 38.2 Å². The first-order chi connectivity index (χ1) is 9.51. The van der Waals surface area contributed by atoms with Gasteiger partial charge in [-0.25, -0.2) is 0 Å². The number of hydrogen-bond donors (Lipinski definition) is 1. The van der Waals surface area contributed by atoms with Gasteiger partial charge in [-0.2, -0.15) is 0 Å². The average Bonchev–Trinajstić information content (AvgIpc) is 3.19. The Balaban J connectivity index is 1.58. The molecule has 1 saturated heterocycles. The first-order valence-corrected chi connectivity index (χ1v) is 7.57. The molecule has 1 N–H and O–H groups in total. The Bertz CT molecular complexity index is 485. The second kappa shape index (κ2) is 4.88. The zero-order valence-corrected chi connectivity index (χ0v) is 12.1. The van der Waals surface area contributed by atoms with E-state index < -0.39 is 5.60 Å². The lowest BCUT2D eigenvalue weighted by Crippen LogP contribution is -2.49. The Kier molecular flexibility index (Phi) is 3.33. The first kappa shape index (κ1) is 13.6. The number of rotatable bonds is 3. The summed E-state index contributed by atoms with van der Waals surface area (Å²) in [4.78, 5) is 14.2. The first-order valence-electron chi connectivity index (χ1n) is 7.57. The van der Waals surface area contributed by atoms with Crippen molar-refractivity contribution in [3.8, 4) is 0 Å². The van der Waals surface area contributed by atoms with E-state index in [-0.39, 0.29) is 5.41 Å². The van der Waals surface area contributed by atoms with Crippen molar-refractivity contribution in [1.82, 2.24) is 4.90 Å². The van der Waals surface area contributed by atoms with E-state index >= 15 is 0 Å². The largest absolute Gasteiger partial charge is 0.389 e. The van der Waals surface area contributed by atoms with Crippen molar-refractivity contribution >= 4 is 5.91 Å². The molecule has 0 unspecified atom stereocenters. The van der Waals surface area contributed by atoms with Crippen LogP contribution in [-0.2, 0) is 11.2 Å². The number of carbonyl (C=O) groups excluding carboxylic acids is 1. The van der Waals surface area contributed by atoms with Crippen LogP contribution < -0.4 is 0 Å². The zero-order valence-electron chi connectivity index (χ0n) is 12.1. The summed E-state index contributed by atoms with van der Waals surface area (Å²) in [6.45, 7) is 3.44. The third kappa shape index (κ3) is 2.73. The molecule has 0 bridgehead atoms. The van der Waals surface area contributed by atoms with Crippen molar-refractivity contribution in [3.05, 3.63) is 35.9 Å². The minimum Gasteiger partial charge on any atom is -0.389 e. The molecule has 1 amide bonds. The fourth-order valence-corrected chi connectivity index (χ4v) is 3.06. The van der Waals surface area contributed by atoms with Crippen LogP contribution in [0.3, 0.4) is 0 Å². The van der Waals surface area contributed by atoms with Crippen molar-refractivity contribution < 1.29 is 9.90 Å². The number of aliphatic hydroxyl groups is 1. The van der Waals surface area contributed by atoms with Gasteiger partial charge in [-0.1, -0.05) is 37.3 Å². The van der Waals surface area contributed by atoms with E-state index in [9.17, 15) is 9.90 Å². The summed E-state index contributed by atoms with van der Waals surface area (Å²) in [6, 6.07) is 10.1. The van der Waals surface area contributed by atoms with Gasteiger partial charge in [0.05, 0.1) is 5.60 Å². The van der Waals surface area contributed by atoms with Crippen LogP contribution in [0, 0.1) is 5.41 Å². The van der Waals surface area contributed by atoms with Crippen molar-refractivity contribution in [3.63, 3.8) is 0 Å². The van der Waals surface area contributed by atoms with Crippen LogP contribution in [0.2, 0.25) is 0 Å². The molecule has 1 saturated carbocycles. The number of nitrogens with zero attached hydrogens (tertiary/aromatic N) is 1. The molecular formula is C17H23NO2. The van der Waals surface area contributed by atoms with Crippen molar-refractivity contribution in [2.45, 2.75) is 44.6 Å². The summed E-state index contributed by atoms with van der Waals surface area (Å²) in [5, 5.41) is 10.7. The van der Waals surface area contributed by atoms with Gasteiger partial charge in [0.15, 0.2) is 0 Å². The van der Waals surface area contributed by atoms with Gasteiger partial charge in [0.25, 0.3) is 0 Å². The lowest BCUT2D eigenvalue weighted by atomic mass is 9.85. The Morgan fingerprint density at radius 3 is 2.30 bits per heavy atom. The van der Waals surface area contributed by atoms with Crippen molar-refractivity contribution in [2.24, 2.45) is 5.41 Å². The van der Waals surface area contributed by atoms with E-state index in [1.54, 1.807) is 0 Å². The molecule has 1 aliphatic carbocycles. The summed E-state index contributed by atoms with van der Waals surface area (Å²) in [6.07, 6.45) is 4.10. The molecule has 20 heavy (non-hydrogen) atoms. The smallest absolute Gasteiger partial charge is 0.228 e. The van der Waals surface area contributed by atoms with Crippen LogP contribution in [-0.4, -0.2) is 34.6 Å². The van der Waals surface area contributed by atoms with Crippen molar-refractivity contribution in [2.75, 3.05) is 13.1 Å². The number of likely N-dealkylation sites (tertiary alicyclic amines) is 1. The molecule has 0 radical (unpaired) electrons. The molecule has 1 aromatic rings. The topological polar surface area (TPSA) is 40.5 Å². The number of benzene rings is 1. The maximum Gasteiger partial charge on any atom is 0.228 e. The van der Waals surface area contributed by atoms with E-state index in [0.717, 1.165) is 12.8 Å². The molecular weight excluding hydrogens is 250 g/mol. The molecule has 0 atom stereocenters. The second-order valence-corrected chi connectivity index (χ2v) is 6.74. The lowest BCUT2D eigenvalue weighted by Gasteiger charge is -2.39. The highest BCUT2D eigenvalue weighted by Crippen LogP contribution is 2.47. The summed E-state index contributed by atoms with van der Waals surface area (Å²) in [5.41, 5.74) is 0.432. The minimum absolute atomic E-state index is 0.0884. The Morgan fingerprint density at radius 1 is 1.15 bits per heavy atom. The summed E-state index contributed by atoms with van der Waals surface area (Å²) < 4.78 is 0. The van der Waals surface area contributed by atoms with Crippen LogP contribution in [0.15, 0.2) is 30.3 Å². The average molecular weight is 273 g/mol. The highest BCUT2D eigenvalue weighted by molar-refractivity contribution is 5.85. The standard InChI is InChI=1S/C17H23NO2/c1-16(7-8-16)15(19)18-11-9-17(20,10-12-18)13-14-5-3-2-4-6-14/h2-6,20H,7-13H2,1H3. The van der Waals surface area contributed by atoms with Crippen LogP contribution in [0.25, 0.3) is 0 Å². The van der Waals surface area contributed by atoms with Crippen LogP contribution >= 0.6 is 0 Å². The van der Waals surface area contributed by atoms with Gasteiger partial charge in [0.1, 0.15) is 0 Å². The molecule has 1 aromatic carbocycles. The monoisotopic (exact) mass is 273 g/mol. The summed E-state index contributed by atoms with van der Waals surface area (Å²) in [5.74, 6) is 0.291. The van der Waals surface area contributed by atoms with Gasteiger partial charge in [-0.05, 0) is 31.2 Å². The fourth-order valence-electron chi connectivity index (χ4n) is 3.06. The zero-order chi connectivity index (χ0) is 14.2. The van der Waals surface area contributed by atoms with Crippen LogP contribution in [0.4, 0.5) is 0 Å². The molecule has 108 valence electrons. The maximum atomic E-state index is 12.3. The predicted octanol–water partition coefficient (Wildman–Crippen LogP) is 2.38. The molecule has 3 nitrogen and oxygen atoms in total. The fraction of sp³-hybridized carbons (Fsp3) is 0.588.